The Balaban J connectivity index is 1.67. The zero-order valence-corrected chi connectivity index (χ0v) is 15.8. The minimum Gasteiger partial charge on any atom is -0.496 e. The van der Waals surface area contributed by atoms with Gasteiger partial charge in [0.25, 0.3) is 0 Å². The van der Waals surface area contributed by atoms with E-state index >= 15 is 0 Å². The molecule has 0 bridgehead atoms. The zero-order chi connectivity index (χ0) is 18.7. The van der Waals surface area contributed by atoms with Crippen molar-refractivity contribution in [2.75, 3.05) is 12.9 Å². The third-order valence-electron chi connectivity index (χ3n) is 4.54. The molecule has 0 unspecified atom stereocenters. The van der Waals surface area contributed by atoms with Gasteiger partial charge in [0.05, 0.1) is 24.5 Å². The van der Waals surface area contributed by atoms with Gasteiger partial charge in [-0.05, 0) is 37.8 Å². The van der Waals surface area contributed by atoms with Crippen LogP contribution in [0.5, 0.6) is 5.75 Å². The summed E-state index contributed by atoms with van der Waals surface area (Å²) in [6.45, 7) is 1.79. The number of nitrogens with one attached hydrogen (secondary N) is 1. The predicted molar refractivity (Wildman–Crippen MR) is 98.6 cm³/mol. The first-order chi connectivity index (χ1) is 12.5. The Labute approximate surface area is 156 Å². The van der Waals surface area contributed by atoms with Crippen LogP contribution in [-0.4, -0.2) is 39.1 Å². The van der Waals surface area contributed by atoms with Gasteiger partial charge in [0.1, 0.15) is 11.3 Å². The molecule has 0 aliphatic heterocycles. The lowest BCUT2D eigenvalue weighted by atomic mass is 9.98. The number of amides is 1. The molecule has 1 aromatic carbocycles. The van der Waals surface area contributed by atoms with Gasteiger partial charge < -0.3 is 14.6 Å². The fourth-order valence-corrected chi connectivity index (χ4v) is 3.55. The highest BCUT2D eigenvalue weighted by atomic mass is 32.2. The van der Waals surface area contributed by atoms with E-state index in [1.165, 1.54) is 11.8 Å². The molecule has 1 saturated carbocycles. The van der Waals surface area contributed by atoms with Crippen LogP contribution in [0.2, 0.25) is 0 Å². The average molecular weight is 371 g/mol. The SMILES string of the molecule is COc1ccccc1-c1nnc(SCC(=O)N[C@](C)(C#N)C2CC2)n1C. The molecular formula is C18H21N5O2S. The first kappa shape index (κ1) is 18.3. The third kappa shape index (κ3) is 3.68. The van der Waals surface area contributed by atoms with Crippen LogP contribution in [0.15, 0.2) is 29.4 Å². The van der Waals surface area contributed by atoms with Crippen LogP contribution in [0, 0.1) is 17.2 Å². The lowest BCUT2D eigenvalue weighted by Crippen LogP contribution is -2.47. The topological polar surface area (TPSA) is 92.8 Å². The molecule has 8 heteroatoms. The van der Waals surface area contributed by atoms with E-state index in [9.17, 15) is 10.1 Å². The van der Waals surface area contributed by atoms with Crippen molar-refractivity contribution in [3.05, 3.63) is 24.3 Å². The Kier molecular flexibility index (Phi) is 5.18. The van der Waals surface area contributed by atoms with E-state index in [0.29, 0.717) is 16.7 Å². The van der Waals surface area contributed by atoms with Gasteiger partial charge in [-0.25, -0.2) is 0 Å². The molecule has 1 N–H and O–H groups in total. The maximum atomic E-state index is 12.3. The molecule has 7 nitrogen and oxygen atoms in total. The number of carbonyl (C=O) groups excluding carboxylic acids is 1. The van der Waals surface area contributed by atoms with Crippen LogP contribution in [0.4, 0.5) is 0 Å². The molecule has 0 radical (unpaired) electrons. The summed E-state index contributed by atoms with van der Waals surface area (Å²) in [6, 6.07) is 9.82. The van der Waals surface area contributed by atoms with E-state index in [1.54, 1.807) is 14.0 Å². The number of nitriles is 1. The highest BCUT2D eigenvalue weighted by molar-refractivity contribution is 7.99. The molecule has 2 aromatic rings. The molecule has 1 aromatic heterocycles. The van der Waals surface area contributed by atoms with Gasteiger partial charge in [0, 0.05) is 7.05 Å². The first-order valence-corrected chi connectivity index (χ1v) is 9.35. The number of carbonyl (C=O) groups is 1. The van der Waals surface area contributed by atoms with Gasteiger partial charge in [-0.15, -0.1) is 10.2 Å². The molecule has 0 saturated heterocycles. The maximum Gasteiger partial charge on any atom is 0.231 e. The number of rotatable bonds is 7. The van der Waals surface area contributed by atoms with Crippen LogP contribution >= 0.6 is 11.8 Å². The Bertz CT molecular complexity index is 856. The fourth-order valence-electron chi connectivity index (χ4n) is 2.84. The molecule has 1 amide bonds. The van der Waals surface area contributed by atoms with E-state index in [4.69, 9.17) is 4.74 Å². The Morgan fingerprint density at radius 2 is 2.19 bits per heavy atom. The quantitative estimate of drug-likeness (QED) is 0.751. The van der Waals surface area contributed by atoms with E-state index in [1.807, 2.05) is 35.9 Å². The summed E-state index contributed by atoms with van der Waals surface area (Å²) < 4.78 is 7.21. The summed E-state index contributed by atoms with van der Waals surface area (Å²) in [5, 5.41) is 21.2. The Morgan fingerprint density at radius 1 is 1.46 bits per heavy atom. The number of para-hydroxylation sites is 1. The number of benzene rings is 1. The molecule has 136 valence electrons. The minimum atomic E-state index is -0.778. The number of hydrogen-bond donors (Lipinski definition) is 1. The first-order valence-electron chi connectivity index (χ1n) is 8.36. The summed E-state index contributed by atoms with van der Waals surface area (Å²) in [5.41, 5.74) is 0.0622. The predicted octanol–water partition coefficient (Wildman–Crippen LogP) is 2.39. The molecule has 1 fully saturated rings. The summed E-state index contributed by atoms with van der Waals surface area (Å²) in [7, 11) is 3.47. The van der Waals surface area contributed by atoms with Crippen LogP contribution < -0.4 is 10.1 Å². The molecule has 26 heavy (non-hydrogen) atoms. The van der Waals surface area contributed by atoms with Crippen LogP contribution in [0.25, 0.3) is 11.4 Å². The second kappa shape index (κ2) is 7.38. The summed E-state index contributed by atoms with van der Waals surface area (Å²) in [5.74, 6) is 1.65. The van der Waals surface area contributed by atoms with Crippen molar-refractivity contribution in [1.82, 2.24) is 20.1 Å². The fraction of sp³-hybridized carbons (Fsp3) is 0.444. The smallest absolute Gasteiger partial charge is 0.231 e. The van der Waals surface area contributed by atoms with Crippen LogP contribution in [-0.2, 0) is 11.8 Å². The number of aromatic nitrogens is 3. The summed E-state index contributed by atoms with van der Waals surface area (Å²) in [6.07, 6.45) is 1.98. The summed E-state index contributed by atoms with van der Waals surface area (Å²) >= 11 is 1.29. The molecule has 1 aliphatic carbocycles. The highest BCUT2D eigenvalue weighted by Crippen LogP contribution is 2.39. The normalized spacial score (nSPS) is 15.8. The van der Waals surface area contributed by atoms with Crippen LogP contribution in [0.3, 0.4) is 0 Å². The molecule has 1 aliphatic rings. The van der Waals surface area contributed by atoms with Crippen molar-refractivity contribution in [3.63, 3.8) is 0 Å². The van der Waals surface area contributed by atoms with E-state index in [-0.39, 0.29) is 17.6 Å². The van der Waals surface area contributed by atoms with E-state index in [0.717, 1.165) is 18.4 Å². The van der Waals surface area contributed by atoms with Gasteiger partial charge in [-0.3, -0.25) is 4.79 Å². The van der Waals surface area contributed by atoms with Gasteiger partial charge in [-0.1, -0.05) is 23.9 Å². The third-order valence-corrected chi connectivity index (χ3v) is 5.56. The number of thioether (sulfide) groups is 1. The van der Waals surface area contributed by atoms with Gasteiger partial charge >= 0.3 is 0 Å². The van der Waals surface area contributed by atoms with Gasteiger partial charge in [0.15, 0.2) is 11.0 Å². The molecule has 0 spiro atoms. The van der Waals surface area contributed by atoms with Crippen LogP contribution in [0.1, 0.15) is 19.8 Å². The molecule has 1 atom stereocenters. The number of ether oxygens (including phenoxy) is 1. The Hall–Kier alpha value is -2.53. The lowest BCUT2D eigenvalue weighted by Gasteiger charge is -2.22. The van der Waals surface area contributed by atoms with Crippen molar-refractivity contribution >= 4 is 17.7 Å². The van der Waals surface area contributed by atoms with Crippen molar-refractivity contribution in [1.29, 1.82) is 5.26 Å². The second-order valence-electron chi connectivity index (χ2n) is 6.49. The van der Waals surface area contributed by atoms with Crippen molar-refractivity contribution in [2.45, 2.75) is 30.5 Å². The maximum absolute atomic E-state index is 12.3. The Morgan fingerprint density at radius 3 is 2.85 bits per heavy atom. The molecule has 3 rings (SSSR count). The van der Waals surface area contributed by atoms with E-state index in [2.05, 4.69) is 21.6 Å². The number of nitrogens with zero attached hydrogens (tertiary/aromatic N) is 4. The van der Waals surface area contributed by atoms with E-state index < -0.39 is 5.54 Å². The lowest BCUT2D eigenvalue weighted by molar-refractivity contribution is -0.119. The zero-order valence-electron chi connectivity index (χ0n) is 15.0. The van der Waals surface area contributed by atoms with Gasteiger partial charge in [-0.2, -0.15) is 5.26 Å². The minimum absolute atomic E-state index is 0.173. The second-order valence-corrected chi connectivity index (χ2v) is 7.43. The van der Waals surface area contributed by atoms with Gasteiger partial charge in [0.2, 0.25) is 5.91 Å². The standard InChI is InChI=1S/C18H21N5O2S/c1-18(11-19,12-8-9-12)20-15(24)10-26-17-22-21-16(23(17)2)13-6-4-5-7-14(13)25-3/h4-7,12H,8-10H2,1-3H3,(H,20,24)/t18-/m1/s1. The number of hydrogen-bond acceptors (Lipinski definition) is 6. The highest BCUT2D eigenvalue weighted by Gasteiger charge is 2.42. The van der Waals surface area contributed by atoms with Crippen molar-refractivity contribution < 1.29 is 9.53 Å². The number of methoxy groups -OCH3 is 1. The largest absolute Gasteiger partial charge is 0.496 e. The molecule has 1 heterocycles. The monoisotopic (exact) mass is 371 g/mol. The van der Waals surface area contributed by atoms with Crippen molar-refractivity contribution in [2.24, 2.45) is 13.0 Å². The summed E-state index contributed by atoms with van der Waals surface area (Å²) in [4.78, 5) is 12.3. The molecular weight excluding hydrogens is 350 g/mol. The van der Waals surface area contributed by atoms with Crippen molar-refractivity contribution in [3.8, 4) is 23.2 Å². The average Bonchev–Trinajstić information content (AvgIpc) is 3.44.